The van der Waals surface area contributed by atoms with E-state index >= 15 is 0 Å². The summed E-state index contributed by atoms with van der Waals surface area (Å²) in [6.45, 7) is 5.31. The van der Waals surface area contributed by atoms with Crippen LogP contribution in [0.4, 0.5) is 0 Å². The van der Waals surface area contributed by atoms with Crippen LogP contribution in [0.25, 0.3) is 0 Å². The summed E-state index contributed by atoms with van der Waals surface area (Å²) in [6.07, 6.45) is 3.25. The lowest BCUT2D eigenvalue weighted by molar-refractivity contribution is 0.567. The Labute approximate surface area is 68.4 Å². The second kappa shape index (κ2) is 16.1. The van der Waals surface area contributed by atoms with E-state index in [0.717, 1.165) is 13.1 Å². The summed E-state index contributed by atoms with van der Waals surface area (Å²) in [5, 5.41) is 0. The van der Waals surface area contributed by atoms with Gasteiger partial charge in [-0.15, -0.1) is 0 Å². The molecule has 1 aromatic heterocycles. The Morgan fingerprint density at radius 2 is 1.27 bits per heavy atom. The summed E-state index contributed by atoms with van der Waals surface area (Å²) in [5.74, 6) is 0. The Hall–Kier alpha value is -0.800. The normalized spacial score (nSPS) is 6.91. The van der Waals surface area contributed by atoms with E-state index in [9.17, 15) is 0 Å². The van der Waals surface area contributed by atoms with E-state index in [-0.39, 0.29) is 0 Å². The molecular weight excluding hydrogens is 140 g/mol. The van der Waals surface area contributed by atoms with Crippen molar-refractivity contribution in [2.45, 2.75) is 13.8 Å². The zero-order valence-corrected chi connectivity index (χ0v) is 7.29. The molecule has 1 aromatic rings. The molecule has 0 aliphatic carbocycles. The average molecular weight is 158 g/mol. The van der Waals surface area contributed by atoms with Crippen LogP contribution in [-0.4, -0.2) is 13.1 Å². The first-order valence-corrected chi connectivity index (χ1v) is 3.70. The lowest BCUT2D eigenvalue weighted by Gasteiger charge is -1.53. The fourth-order valence-corrected chi connectivity index (χ4v) is 0.227. The predicted molar refractivity (Wildman–Crippen MR) is 48.2 cm³/mol. The molecule has 0 aliphatic rings. The standard InChI is InChI=1S/C4H4O.2C2H7N/c1-2-4-5-3-1;2*1-2-3/h1-4H;2*2-3H2,1H3. The molecule has 66 valence electrons. The van der Waals surface area contributed by atoms with Gasteiger partial charge in [0.2, 0.25) is 0 Å². The van der Waals surface area contributed by atoms with Gasteiger partial charge in [-0.2, -0.15) is 0 Å². The van der Waals surface area contributed by atoms with Gasteiger partial charge in [-0.05, 0) is 25.2 Å². The number of hydrogen-bond donors (Lipinski definition) is 2. The highest BCUT2D eigenvalue weighted by atomic mass is 16.3. The van der Waals surface area contributed by atoms with E-state index in [1.807, 2.05) is 26.0 Å². The Bertz CT molecular complexity index is 87.6. The van der Waals surface area contributed by atoms with Crippen LogP contribution in [0.2, 0.25) is 0 Å². The van der Waals surface area contributed by atoms with Gasteiger partial charge in [0.15, 0.2) is 0 Å². The van der Waals surface area contributed by atoms with Crippen molar-refractivity contribution < 1.29 is 4.42 Å². The molecule has 0 atom stereocenters. The zero-order chi connectivity index (χ0) is 8.95. The monoisotopic (exact) mass is 158 g/mol. The summed E-state index contributed by atoms with van der Waals surface area (Å²) in [5.41, 5.74) is 9.69. The molecule has 0 saturated heterocycles. The number of nitrogens with two attached hydrogens (primary N) is 2. The van der Waals surface area contributed by atoms with Crippen LogP contribution in [0, 0.1) is 0 Å². The minimum Gasteiger partial charge on any atom is -0.473 e. The maximum Gasteiger partial charge on any atom is 0.0902 e. The largest absolute Gasteiger partial charge is 0.473 e. The summed E-state index contributed by atoms with van der Waals surface area (Å²) in [4.78, 5) is 0. The molecule has 1 rings (SSSR count). The van der Waals surface area contributed by atoms with Crippen molar-refractivity contribution in [2.24, 2.45) is 11.5 Å². The topological polar surface area (TPSA) is 65.2 Å². The molecule has 11 heavy (non-hydrogen) atoms. The number of hydrogen-bond acceptors (Lipinski definition) is 3. The third-order valence-electron chi connectivity index (χ3n) is 0.425. The molecule has 0 amide bonds. The van der Waals surface area contributed by atoms with Crippen LogP contribution in [-0.2, 0) is 0 Å². The number of rotatable bonds is 0. The molecule has 3 heteroatoms. The Morgan fingerprint density at radius 1 is 1.00 bits per heavy atom. The van der Waals surface area contributed by atoms with Gasteiger partial charge in [0.1, 0.15) is 0 Å². The molecule has 0 bridgehead atoms. The van der Waals surface area contributed by atoms with Gasteiger partial charge in [-0.1, -0.05) is 13.8 Å². The Morgan fingerprint density at radius 3 is 1.36 bits per heavy atom. The van der Waals surface area contributed by atoms with E-state index in [4.69, 9.17) is 11.5 Å². The fourth-order valence-electron chi connectivity index (χ4n) is 0.227. The smallest absolute Gasteiger partial charge is 0.0902 e. The maximum atomic E-state index is 4.85. The van der Waals surface area contributed by atoms with E-state index in [1.54, 1.807) is 12.5 Å². The van der Waals surface area contributed by atoms with Crippen molar-refractivity contribution >= 4 is 0 Å². The van der Waals surface area contributed by atoms with Crippen LogP contribution in [0.3, 0.4) is 0 Å². The van der Waals surface area contributed by atoms with Crippen LogP contribution < -0.4 is 11.5 Å². The molecular formula is C8H18N2O. The molecule has 0 fully saturated rings. The molecule has 0 radical (unpaired) electrons. The lowest BCUT2D eigenvalue weighted by Crippen LogP contribution is -1.87. The SMILES string of the molecule is CCN.CCN.c1ccoc1. The predicted octanol–water partition coefficient (Wildman–Crippen LogP) is 1.21. The highest BCUT2D eigenvalue weighted by Gasteiger charge is 1.58. The van der Waals surface area contributed by atoms with Crippen molar-refractivity contribution in [3.63, 3.8) is 0 Å². The summed E-state index contributed by atoms with van der Waals surface area (Å²) >= 11 is 0. The van der Waals surface area contributed by atoms with Crippen LogP contribution in [0.1, 0.15) is 13.8 Å². The minimum absolute atomic E-state index is 0.750. The first-order chi connectivity index (χ1) is 5.33. The zero-order valence-electron chi connectivity index (χ0n) is 7.29. The summed E-state index contributed by atoms with van der Waals surface area (Å²) in [7, 11) is 0. The fraction of sp³-hybridized carbons (Fsp3) is 0.500. The molecule has 4 N–H and O–H groups in total. The molecule has 0 aromatic carbocycles. The van der Waals surface area contributed by atoms with Crippen molar-refractivity contribution in [1.29, 1.82) is 0 Å². The van der Waals surface area contributed by atoms with Crippen LogP contribution in [0.5, 0.6) is 0 Å². The lowest BCUT2D eigenvalue weighted by atomic mass is 10.7. The molecule has 0 aliphatic heterocycles. The van der Waals surface area contributed by atoms with Crippen molar-refractivity contribution in [1.82, 2.24) is 0 Å². The Kier molecular flexibility index (Phi) is 18.8. The first kappa shape index (κ1) is 12.8. The van der Waals surface area contributed by atoms with Gasteiger partial charge in [0.25, 0.3) is 0 Å². The summed E-state index contributed by atoms with van der Waals surface area (Å²) < 4.78 is 4.58. The van der Waals surface area contributed by atoms with E-state index < -0.39 is 0 Å². The quantitative estimate of drug-likeness (QED) is 0.596. The second-order valence-corrected chi connectivity index (χ2v) is 1.61. The van der Waals surface area contributed by atoms with Gasteiger partial charge >= 0.3 is 0 Å². The molecule has 3 nitrogen and oxygen atoms in total. The minimum atomic E-state index is 0.750. The van der Waals surface area contributed by atoms with Crippen molar-refractivity contribution in [3.05, 3.63) is 24.7 Å². The number of furan rings is 1. The van der Waals surface area contributed by atoms with Gasteiger partial charge in [0.05, 0.1) is 12.5 Å². The Balaban J connectivity index is 0. The van der Waals surface area contributed by atoms with Crippen molar-refractivity contribution in [3.8, 4) is 0 Å². The van der Waals surface area contributed by atoms with Gasteiger partial charge in [-0.3, -0.25) is 0 Å². The van der Waals surface area contributed by atoms with Gasteiger partial charge < -0.3 is 15.9 Å². The molecule has 0 unspecified atom stereocenters. The second-order valence-electron chi connectivity index (χ2n) is 1.61. The van der Waals surface area contributed by atoms with Crippen molar-refractivity contribution in [2.75, 3.05) is 13.1 Å². The molecule has 0 spiro atoms. The maximum absolute atomic E-state index is 4.85. The van der Waals surface area contributed by atoms with Gasteiger partial charge in [0, 0.05) is 0 Å². The third kappa shape index (κ3) is 27.0. The summed E-state index contributed by atoms with van der Waals surface area (Å²) in [6, 6.07) is 3.67. The highest BCUT2D eigenvalue weighted by molar-refractivity contribution is 4.79. The van der Waals surface area contributed by atoms with Crippen LogP contribution in [0.15, 0.2) is 29.1 Å². The first-order valence-electron chi connectivity index (χ1n) is 3.70. The van der Waals surface area contributed by atoms with Gasteiger partial charge in [-0.25, -0.2) is 0 Å². The van der Waals surface area contributed by atoms with E-state index in [2.05, 4.69) is 4.42 Å². The highest BCUT2D eigenvalue weighted by Crippen LogP contribution is 1.79. The van der Waals surface area contributed by atoms with Crippen LogP contribution >= 0.6 is 0 Å². The third-order valence-corrected chi connectivity index (χ3v) is 0.425. The molecule has 1 heterocycles. The average Bonchev–Trinajstić information content (AvgIpc) is 2.44. The van der Waals surface area contributed by atoms with E-state index in [1.165, 1.54) is 0 Å². The van der Waals surface area contributed by atoms with E-state index in [0.29, 0.717) is 0 Å². The molecule has 0 saturated carbocycles.